The fourth-order valence-corrected chi connectivity index (χ4v) is 2.59. The lowest BCUT2D eigenvalue weighted by atomic mass is 9.96. The van der Waals surface area contributed by atoms with Crippen LogP contribution in [0.4, 0.5) is 0 Å². The van der Waals surface area contributed by atoms with Crippen molar-refractivity contribution in [3.05, 3.63) is 23.8 Å². The second kappa shape index (κ2) is 10.9. The van der Waals surface area contributed by atoms with Crippen molar-refractivity contribution in [3.8, 4) is 11.5 Å². The van der Waals surface area contributed by atoms with Gasteiger partial charge in [0.25, 0.3) is 0 Å². The number of unbranched alkanes of at least 4 members (excludes halogenated alkanes) is 3. The van der Waals surface area contributed by atoms with Crippen LogP contribution in [0.2, 0.25) is 0 Å². The maximum atomic E-state index is 12.3. The van der Waals surface area contributed by atoms with E-state index in [0.717, 1.165) is 24.8 Å². The molecule has 0 radical (unpaired) electrons. The Labute approximate surface area is 140 Å². The highest BCUT2D eigenvalue weighted by Crippen LogP contribution is 2.32. The third-order valence-corrected chi connectivity index (χ3v) is 4.02. The first kappa shape index (κ1) is 19.3. The Hall–Kier alpha value is -1.71. The number of carbonyl (C=O) groups excluding carboxylic acids is 1. The summed E-state index contributed by atoms with van der Waals surface area (Å²) in [5, 5.41) is 0. The van der Waals surface area contributed by atoms with E-state index in [1.807, 2.05) is 25.1 Å². The van der Waals surface area contributed by atoms with Crippen molar-refractivity contribution in [3.63, 3.8) is 0 Å². The van der Waals surface area contributed by atoms with Gasteiger partial charge in [-0.3, -0.25) is 4.79 Å². The van der Waals surface area contributed by atoms with Gasteiger partial charge in [0, 0.05) is 0 Å². The van der Waals surface area contributed by atoms with E-state index in [4.69, 9.17) is 14.2 Å². The highest BCUT2D eigenvalue weighted by Gasteiger charge is 2.21. The Balaban J connectivity index is 2.63. The van der Waals surface area contributed by atoms with Gasteiger partial charge in [-0.15, -0.1) is 0 Å². The van der Waals surface area contributed by atoms with Crippen LogP contribution in [0, 0.1) is 5.92 Å². The van der Waals surface area contributed by atoms with Gasteiger partial charge in [0.05, 0.1) is 26.7 Å². The van der Waals surface area contributed by atoms with Gasteiger partial charge >= 0.3 is 5.97 Å². The number of ether oxygens (including phenoxy) is 3. The average Bonchev–Trinajstić information content (AvgIpc) is 2.58. The summed E-state index contributed by atoms with van der Waals surface area (Å²) in [5.41, 5.74) is 0.974. The minimum absolute atomic E-state index is 0.117. The lowest BCUT2D eigenvalue weighted by Crippen LogP contribution is -2.20. The molecule has 0 spiro atoms. The van der Waals surface area contributed by atoms with Gasteiger partial charge in [0.15, 0.2) is 11.5 Å². The molecule has 0 aliphatic carbocycles. The number of esters is 1. The van der Waals surface area contributed by atoms with Gasteiger partial charge in [-0.1, -0.05) is 45.2 Å². The molecule has 1 aromatic carbocycles. The van der Waals surface area contributed by atoms with Crippen molar-refractivity contribution >= 4 is 5.97 Å². The molecular weight excluding hydrogens is 292 g/mol. The number of hydrogen-bond donors (Lipinski definition) is 0. The van der Waals surface area contributed by atoms with Gasteiger partial charge in [0.2, 0.25) is 0 Å². The normalized spacial score (nSPS) is 11.8. The minimum Gasteiger partial charge on any atom is -0.493 e. The Morgan fingerprint density at radius 2 is 1.87 bits per heavy atom. The van der Waals surface area contributed by atoms with Crippen LogP contribution < -0.4 is 9.47 Å². The lowest BCUT2D eigenvalue weighted by Gasteiger charge is -2.17. The predicted molar refractivity (Wildman–Crippen MR) is 92.1 cm³/mol. The van der Waals surface area contributed by atoms with E-state index < -0.39 is 0 Å². The van der Waals surface area contributed by atoms with Crippen LogP contribution in [0.1, 0.15) is 51.5 Å². The number of carbonyl (C=O) groups is 1. The molecule has 0 heterocycles. The number of benzene rings is 1. The SMILES string of the molecule is CCCCCCOC(=O)C(CC)Cc1cccc(OC)c1OC. The Morgan fingerprint density at radius 3 is 2.48 bits per heavy atom. The van der Waals surface area contributed by atoms with E-state index in [9.17, 15) is 4.79 Å². The molecule has 23 heavy (non-hydrogen) atoms. The topological polar surface area (TPSA) is 44.8 Å². The zero-order valence-corrected chi connectivity index (χ0v) is 14.9. The number of para-hydroxylation sites is 1. The van der Waals surface area contributed by atoms with E-state index in [1.54, 1.807) is 14.2 Å². The molecule has 0 saturated heterocycles. The molecule has 0 amide bonds. The summed E-state index contributed by atoms with van der Waals surface area (Å²) in [6.07, 6.45) is 5.78. The molecule has 4 heteroatoms. The molecule has 0 N–H and O–H groups in total. The molecular formula is C19H30O4. The molecule has 1 aromatic rings. The molecule has 0 aliphatic rings. The van der Waals surface area contributed by atoms with E-state index in [1.165, 1.54) is 12.8 Å². The molecule has 1 rings (SSSR count). The van der Waals surface area contributed by atoms with E-state index in [2.05, 4.69) is 6.92 Å². The summed E-state index contributed by atoms with van der Waals surface area (Å²) < 4.78 is 16.2. The first-order valence-electron chi connectivity index (χ1n) is 8.54. The summed E-state index contributed by atoms with van der Waals surface area (Å²) >= 11 is 0. The first-order valence-corrected chi connectivity index (χ1v) is 8.54. The van der Waals surface area contributed by atoms with E-state index >= 15 is 0 Å². The van der Waals surface area contributed by atoms with Crippen LogP contribution in [-0.4, -0.2) is 26.8 Å². The second-order valence-corrected chi connectivity index (χ2v) is 5.69. The van der Waals surface area contributed by atoms with E-state index in [0.29, 0.717) is 24.5 Å². The largest absolute Gasteiger partial charge is 0.493 e. The van der Waals surface area contributed by atoms with Crippen molar-refractivity contribution in [2.24, 2.45) is 5.92 Å². The smallest absolute Gasteiger partial charge is 0.309 e. The monoisotopic (exact) mass is 322 g/mol. The van der Waals surface area contributed by atoms with Crippen molar-refractivity contribution in [2.75, 3.05) is 20.8 Å². The fourth-order valence-electron chi connectivity index (χ4n) is 2.59. The highest BCUT2D eigenvalue weighted by atomic mass is 16.5. The Morgan fingerprint density at radius 1 is 1.09 bits per heavy atom. The first-order chi connectivity index (χ1) is 11.2. The van der Waals surface area contributed by atoms with Gasteiger partial charge in [-0.05, 0) is 30.9 Å². The van der Waals surface area contributed by atoms with Gasteiger partial charge < -0.3 is 14.2 Å². The summed E-state index contributed by atoms with van der Waals surface area (Å²) in [5.74, 6) is 1.12. The fraction of sp³-hybridized carbons (Fsp3) is 0.632. The van der Waals surface area contributed by atoms with Crippen LogP contribution in [0.15, 0.2) is 18.2 Å². The van der Waals surface area contributed by atoms with Crippen molar-refractivity contribution in [1.29, 1.82) is 0 Å². The number of hydrogen-bond acceptors (Lipinski definition) is 4. The minimum atomic E-state index is -0.151. The van der Waals surface area contributed by atoms with Crippen LogP contribution in [-0.2, 0) is 16.0 Å². The average molecular weight is 322 g/mol. The zero-order chi connectivity index (χ0) is 17.1. The lowest BCUT2D eigenvalue weighted by molar-refractivity contribution is -0.148. The van der Waals surface area contributed by atoms with E-state index in [-0.39, 0.29) is 11.9 Å². The summed E-state index contributed by atoms with van der Waals surface area (Å²) in [4.78, 5) is 12.3. The molecule has 0 fully saturated rings. The highest BCUT2D eigenvalue weighted by molar-refractivity contribution is 5.73. The quantitative estimate of drug-likeness (QED) is 0.447. The van der Waals surface area contributed by atoms with Crippen LogP contribution in [0.5, 0.6) is 11.5 Å². The van der Waals surface area contributed by atoms with Crippen molar-refractivity contribution in [2.45, 2.75) is 52.4 Å². The van der Waals surface area contributed by atoms with Gasteiger partial charge in [0.1, 0.15) is 0 Å². The van der Waals surface area contributed by atoms with Gasteiger partial charge in [-0.2, -0.15) is 0 Å². The van der Waals surface area contributed by atoms with Crippen molar-refractivity contribution < 1.29 is 19.0 Å². The third kappa shape index (κ3) is 6.12. The maximum absolute atomic E-state index is 12.3. The molecule has 1 atom stereocenters. The second-order valence-electron chi connectivity index (χ2n) is 5.69. The van der Waals surface area contributed by atoms with Crippen LogP contribution in [0.25, 0.3) is 0 Å². The molecule has 0 bridgehead atoms. The Bertz CT molecular complexity index is 470. The predicted octanol–water partition coefficient (Wildman–Crippen LogP) is 4.40. The third-order valence-electron chi connectivity index (χ3n) is 4.02. The van der Waals surface area contributed by atoms with Crippen LogP contribution in [0.3, 0.4) is 0 Å². The molecule has 1 unspecified atom stereocenters. The number of methoxy groups -OCH3 is 2. The zero-order valence-electron chi connectivity index (χ0n) is 14.9. The molecule has 0 saturated carbocycles. The summed E-state index contributed by atoms with van der Waals surface area (Å²) in [6.45, 7) is 4.70. The van der Waals surface area contributed by atoms with Crippen LogP contribution >= 0.6 is 0 Å². The maximum Gasteiger partial charge on any atom is 0.309 e. The van der Waals surface area contributed by atoms with Crippen molar-refractivity contribution in [1.82, 2.24) is 0 Å². The summed E-state index contributed by atoms with van der Waals surface area (Å²) in [7, 11) is 3.23. The molecule has 0 aliphatic heterocycles. The number of rotatable bonds is 11. The standard InChI is InChI=1S/C19H30O4/c1-5-7-8-9-13-23-19(20)15(6-2)14-16-11-10-12-17(21-3)18(16)22-4/h10-12,15H,5-9,13-14H2,1-4H3. The molecule has 130 valence electrons. The van der Waals surface area contributed by atoms with Gasteiger partial charge in [-0.25, -0.2) is 0 Å². The molecule has 0 aromatic heterocycles. The summed E-state index contributed by atoms with van der Waals surface area (Å²) in [6, 6.07) is 5.74. The Kier molecular flexibility index (Phi) is 9.18. The molecule has 4 nitrogen and oxygen atoms in total.